The molecular weight excluding hydrogens is 464 g/mol. The number of ether oxygens (including phenoxy) is 2. The van der Waals surface area contributed by atoms with Crippen LogP contribution < -0.4 is 4.90 Å². The fraction of sp³-hybridized carbons (Fsp3) is 0.333. The van der Waals surface area contributed by atoms with Crippen LogP contribution in [0.3, 0.4) is 0 Å². The van der Waals surface area contributed by atoms with Crippen molar-refractivity contribution in [2.45, 2.75) is 44.8 Å². The Labute approximate surface area is 206 Å². The maximum Gasteiger partial charge on any atom is 0.337 e. The highest BCUT2D eigenvalue weighted by Gasteiger charge is 2.53. The number of ketones is 1. The largest absolute Gasteiger partial charge is 0.483 e. The minimum Gasteiger partial charge on any atom is -0.483 e. The summed E-state index contributed by atoms with van der Waals surface area (Å²) in [6.45, 7) is 2.01. The Morgan fingerprint density at radius 3 is 2.66 bits per heavy atom. The van der Waals surface area contributed by atoms with E-state index in [9.17, 15) is 14.4 Å². The molecule has 3 unspecified atom stereocenters. The molecular formula is C27H24N2O5S. The maximum atomic E-state index is 13.8. The first-order valence-corrected chi connectivity index (χ1v) is 12.6. The summed E-state index contributed by atoms with van der Waals surface area (Å²) in [6.07, 6.45) is 3.26. The van der Waals surface area contributed by atoms with Crippen molar-refractivity contribution < 1.29 is 23.9 Å². The van der Waals surface area contributed by atoms with Gasteiger partial charge in [0.15, 0.2) is 16.7 Å². The lowest BCUT2D eigenvalue weighted by atomic mass is 9.77. The van der Waals surface area contributed by atoms with Crippen molar-refractivity contribution in [3.63, 3.8) is 0 Å². The van der Waals surface area contributed by atoms with Gasteiger partial charge in [-0.15, -0.1) is 0 Å². The number of amides is 1. The molecule has 2 aliphatic heterocycles. The van der Waals surface area contributed by atoms with Crippen molar-refractivity contribution in [3.05, 3.63) is 70.5 Å². The second-order valence-electron chi connectivity index (χ2n) is 9.31. The Morgan fingerprint density at radius 1 is 1.11 bits per heavy atom. The number of nitrogens with zero attached hydrogens (tertiary/aromatic N) is 2. The van der Waals surface area contributed by atoms with E-state index in [2.05, 4.69) is 0 Å². The van der Waals surface area contributed by atoms with Crippen LogP contribution in [0.15, 0.2) is 53.8 Å². The Morgan fingerprint density at radius 2 is 1.89 bits per heavy atom. The van der Waals surface area contributed by atoms with Crippen LogP contribution in [0, 0.1) is 12.8 Å². The average Bonchev–Trinajstić information content (AvgIpc) is 3.42. The predicted octanol–water partition coefficient (Wildman–Crippen LogP) is 4.89. The zero-order valence-electron chi connectivity index (χ0n) is 19.4. The number of rotatable bonds is 3. The molecule has 1 amide bonds. The van der Waals surface area contributed by atoms with Crippen molar-refractivity contribution in [1.82, 2.24) is 4.98 Å². The van der Waals surface area contributed by atoms with E-state index in [-0.39, 0.29) is 29.5 Å². The number of benzene rings is 2. The van der Waals surface area contributed by atoms with E-state index < -0.39 is 12.0 Å². The molecule has 1 saturated carbocycles. The van der Waals surface area contributed by atoms with Crippen LogP contribution in [-0.2, 0) is 19.1 Å². The van der Waals surface area contributed by atoms with Crippen molar-refractivity contribution >= 4 is 44.3 Å². The number of hydrogen-bond acceptors (Lipinski definition) is 7. The third-order valence-corrected chi connectivity index (χ3v) is 8.17. The van der Waals surface area contributed by atoms with Crippen molar-refractivity contribution in [2.75, 3.05) is 12.0 Å². The molecule has 3 heterocycles. The number of methoxy groups -OCH3 is 1. The van der Waals surface area contributed by atoms with E-state index in [0.717, 1.165) is 47.0 Å². The number of fused-ring (bicyclic) bond motifs is 2. The van der Waals surface area contributed by atoms with Gasteiger partial charge in [0.25, 0.3) is 5.91 Å². The third kappa shape index (κ3) is 3.46. The highest BCUT2D eigenvalue weighted by atomic mass is 32.1. The van der Waals surface area contributed by atoms with Crippen LogP contribution in [0.1, 0.15) is 53.2 Å². The first-order valence-electron chi connectivity index (χ1n) is 11.8. The number of aryl methyl sites for hydroxylation is 1. The summed E-state index contributed by atoms with van der Waals surface area (Å²) in [5, 5.41) is 0.520. The lowest BCUT2D eigenvalue weighted by Crippen LogP contribution is -2.39. The van der Waals surface area contributed by atoms with E-state index in [4.69, 9.17) is 14.5 Å². The maximum absolute atomic E-state index is 13.8. The van der Waals surface area contributed by atoms with Crippen LogP contribution in [0.25, 0.3) is 10.2 Å². The molecule has 0 N–H and O–H groups in total. The van der Waals surface area contributed by atoms with Gasteiger partial charge in [-0.05, 0) is 61.6 Å². The number of hydrogen-bond donors (Lipinski definition) is 0. The molecule has 178 valence electrons. The Hall–Kier alpha value is -3.52. The number of Topliss-reactive ketones (excluding diaryl/α,β-unsaturated/α-hetero) is 1. The number of carbonyl (C=O) groups excluding carboxylic acids is 3. The molecule has 0 saturated heterocycles. The SMILES string of the molecule is COC(=O)c1ccc(C2C3=C(OC4CCCCC4C3=O)C(=O)N2c2nc3ccc(C)cc3s2)cc1. The van der Waals surface area contributed by atoms with E-state index in [0.29, 0.717) is 16.3 Å². The zero-order chi connectivity index (χ0) is 24.3. The Kier molecular flexibility index (Phi) is 5.21. The van der Waals surface area contributed by atoms with Gasteiger partial charge in [0.2, 0.25) is 0 Å². The van der Waals surface area contributed by atoms with Gasteiger partial charge in [0, 0.05) is 0 Å². The third-order valence-electron chi connectivity index (χ3n) is 7.15. The molecule has 8 heteroatoms. The normalized spacial score (nSPS) is 23.8. The second kappa shape index (κ2) is 8.30. The number of thiazole rings is 1. The van der Waals surface area contributed by atoms with Crippen molar-refractivity contribution in [3.8, 4) is 0 Å². The summed E-state index contributed by atoms with van der Waals surface area (Å²) in [5.74, 6) is -0.874. The van der Waals surface area contributed by atoms with Gasteiger partial charge in [-0.25, -0.2) is 9.78 Å². The zero-order valence-corrected chi connectivity index (χ0v) is 20.3. The summed E-state index contributed by atoms with van der Waals surface area (Å²) in [4.78, 5) is 45.9. The van der Waals surface area contributed by atoms with E-state index >= 15 is 0 Å². The number of esters is 1. The van der Waals surface area contributed by atoms with Gasteiger partial charge in [0.1, 0.15) is 6.10 Å². The molecule has 2 aromatic carbocycles. The molecule has 3 atom stereocenters. The van der Waals surface area contributed by atoms with Gasteiger partial charge in [-0.3, -0.25) is 14.5 Å². The lowest BCUT2D eigenvalue weighted by Gasteiger charge is -2.35. The first kappa shape index (κ1) is 22.0. The second-order valence-corrected chi connectivity index (χ2v) is 10.3. The molecule has 0 spiro atoms. The summed E-state index contributed by atoms with van der Waals surface area (Å²) in [7, 11) is 1.33. The Balaban J connectivity index is 1.49. The number of aromatic nitrogens is 1. The predicted molar refractivity (Wildman–Crippen MR) is 131 cm³/mol. The van der Waals surface area contributed by atoms with Crippen LogP contribution in [-0.4, -0.2) is 35.9 Å². The molecule has 3 aromatic rings. The van der Waals surface area contributed by atoms with Gasteiger partial charge in [-0.2, -0.15) is 0 Å². The molecule has 1 aromatic heterocycles. The van der Waals surface area contributed by atoms with Gasteiger partial charge >= 0.3 is 5.97 Å². The van der Waals surface area contributed by atoms with Gasteiger partial charge in [0.05, 0.1) is 40.4 Å². The fourth-order valence-electron chi connectivity index (χ4n) is 5.40. The average molecular weight is 489 g/mol. The summed E-state index contributed by atoms with van der Waals surface area (Å²) >= 11 is 1.42. The lowest BCUT2D eigenvalue weighted by molar-refractivity contribution is -0.131. The number of carbonyl (C=O) groups is 3. The van der Waals surface area contributed by atoms with Crippen LogP contribution in [0.4, 0.5) is 5.13 Å². The molecule has 1 fully saturated rings. The van der Waals surface area contributed by atoms with Gasteiger partial charge in [-0.1, -0.05) is 36.0 Å². The molecule has 1 aliphatic carbocycles. The van der Waals surface area contributed by atoms with Crippen LogP contribution in [0.2, 0.25) is 0 Å². The van der Waals surface area contributed by atoms with Gasteiger partial charge < -0.3 is 9.47 Å². The summed E-state index contributed by atoms with van der Waals surface area (Å²) < 4.78 is 12.0. The van der Waals surface area contributed by atoms with Crippen molar-refractivity contribution in [1.29, 1.82) is 0 Å². The fourth-order valence-corrected chi connectivity index (χ4v) is 6.49. The molecule has 3 aliphatic rings. The smallest absolute Gasteiger partial charge is 0.337 e. The first-order chi connectivity index (χ1) is 17.0. The van der Waals surface area contributed by atoms with E-state index in [1.165, 1.54) is 18.4 Å². The molecule has 6 rings (SSSR count). The highest BCUT2D eigenvalue weighted by molar-refractivity contribution is 7.22. The topological polar surface area (TPSA) is 85.8 Å². The minimum absolute atomic E-state index is 0.00852. The van der Waals surface area contributed by atoms with E-state index in [1.807, 2.05) is 25.1 Å². The van der Waals surface area contributed by atoms with E-state index in [1.54, 1.807) is 29.2 Å². The van der Waals surface area contributed by atoms with Crippen molar-refractivity contribution in [2.24, 2.45) is 5.92 Å². The monoisotopic (exact) mass is 488 g/mol. The Bertz CT molecular complexity index is 1410. The minimum atomic E-state index is -0.666. The molecule has 7 nitrogen and oxygen atoms in total. The summed E-state index contributed by atoms with van der Waals surface area (Å²) in [5.41, 5.74) is 3.43. The van der Waals surface area contributed by atoms with Crippen LogP contribution in [0.5, 0.6) is 0 Å². The van der Waals surface area contributed by atoms with Crippen LogP contribution >= 0.6 is 11.3 Å². The number of anilines is 1. The standard InChI is InChI=1S/C27H24N2O5S/c1-14-7-12-18-20(13-14)35-27(28-18)29-22(15-8-10-16(11-9-15)26(32)33-2)21-23(30)17-5-3-4-6-19(17)34-24(21)25(29)31/h7-13,17,19,22H,3-6H2,1-2H3. The summed E-state index contributed by atoms with van der Waals surface area (Å²) in [6, 6.07) is 12.1. The molecule has 0 bridgehead atoms. The molecule has 35 heavy (non-hydrogen) atoms. The quantitative estimate of drug-likeness (QED) is 0.488. The highest BCUT2D eigenvalue weighted by Crippen LogP contribution is 2.49. The molecule has 0 radical (unpaired) electrons.